The van der Waals surface area contributed by atoms with Crippen LogP contribution in [0.15, 0.2) is 50.6 Å². The fourth-order valence-electron chi connectivity index (χ4n) is 2.51. The molecular formula is C19H24BrNO3. The SMILES string of the molecule is C=CCN(C)CCCCCCOc1cc2oc(=O)ccc2cc1Br. The van der Waals surface area contributed by atoms with Gasteiger partial charge in [-0.1, -0.05) is 18.9 Å². The highest BCUT2D eigenvalue weighted by Gasteiger charge is 2.06. The zero-order valence-electron chi connectivity index (χ0n) is 14.1. The van der Waals surface area contributed by atoms with E-state index in [2.05, 4.69) is 34.5 Å². The molecule has 0 saturated carbocycles. The Morgan fingerprint density at radius 3 is 2.83 bits per heavy atom. The summed E-state index contributed by atoms with van der Waals surface area (Å²) in [5.74, 6) is 0.711. The van der Waals surface area contributed by atoms with E-state index in [-0.39, 0.29) is 5.63 Å². The number of fused-ring (bicyclic) bond motifs is 1. The lowest BCUT2D eigenvalue weighted by Gasteiger charge is -2.13. The van der Waals surface area contributed by atoms with Gasteiger partial charge < -0.3 is 14.1 Å². The van der Waals surface area contributed by atoms with Gasteiger partial charge in [-0.3, -0.25) is 0 Å². The van der Waals surface area contributed by atoms with E-state index in [0.29, 0.717) is 17.9 Å². The first kappa shape index (κ1) is 18.7. The fourth-order valence-corrected chi connectivity index (χ4v) is 2.99. The van der Waals surface area contributed by atoms with Crippen molar-refractivity contribution in [2.45, 2.75) is 25.7 Å². The maximum Gasteiger partial charge on any atom is 0.336 e. The minimum absolute atomic E-state index is 0.350. The van der Waals surface area contributed by atoms with Crippen LogP contribution in [0.25, 0.3) is 11.0 Å². The van der Waals surface area contributed by atoms with E-state index in [4.69, 9.17) is 9.15 Å². The Morgan fingerprint density at radius 2 is 2.04 bits per heavy atom. The molecule has 0 N–H and O–H groups in total. The highest BCUT2D eigenvalue weighted by molar-refractivity contribution is 9.10. The number of benzene rings is 1. The van der Waals surface area contributed by atoms with Gasteiger partial charge in [0.05, 0.1) is 11.1 Å². The summed E-state index contributed by atoms with van der Waals surface area (Å²) < 4.78 is 11.9. The van der Waals surface area contributed by atoms with Gasteiger partial charge in [-0.25, -0.2) is 4.79 Å². The average molecular weight is 394 g/mol. The van der Waals surface area contributed by atoms with E-state index in [0.717, 1.165) is 35.8 Å². The van der Waals surface area contributed by atoms with Gasteiger partial charge in [-0.15, -0.1) is 6.58 Å². The number of likely N-dealkylation sites (N-methyl/N-ethyl adjacent to an activating group) is 1. The van der Waals surface area contributed by atoms with Crippen molar-refractivity contribution in [2.75, 3.05) is 26.7 Å². The lowest BCUT2D eigenvalue weighted by Crippen LogP contribution is -2.19. The van der Waals surface area contributed by atoms with Crippen LogP contribution in [0.3, 0.4) is 0 Å². The number of hydrogen-bond donors (Lipinski definition) is 0. The maximum atomic E-state index is 11.3. The summed E-state index contributed by atoms with van der Waals surface area (Å²) in [6.07, 6.45) is 6.46. The molecule has 2 rings (SSSR count). The van der Waals surface area contributed by atoms with Crippen LogP contribution in [-0.4, -0.2) is 31.6 Å². The highest BCUT2D eigenvalue weighted by Crippen LogP contribution is 2.30. The van der Waals surface area contributed by atoms with Gasteiger partial charge >= 0.3 is 5.63 Å². The molecule has 0 atom stereocenters. The second kappa shape index (κ2) is 9.64. The molecule has 1 aromatic heterocycles. The second-order valence-electron chi connectivity index (χ2n) is 5.89. The van der Waals surface area contributed by atoms with Crippen LogP contribution in [0.2, 0.25) is 0 Å². The zero-order chi connectivity index (χ0) is 17.4. The molecule has 0 unspecified atom stereocenters. The molecule has 24 heavy (non-hydrogen) atoms. The van der Waals surface area contributed by atoms with Crippen LogP contribution in [0.1, 0.15) is 25.7 Å². The van der Waals surface area contributed by atoms with Gasteiger partial charge in [0.2, 0.25) is 0 Å². The number of halogens is 1. The largest absolute Gasteiger partial charge is 0.492 e. The summed E-state index contributed by atoms with van der Waals surface area (Å²) in [6.45, 7) is 6.44. The quantitative estimate of drug-likeness (QED) is 0.335. The first-order valence-electron chi connectivity index (χ1n) is 8.26. The topological polar surface area (TPSA) is 42.7 Å². The molecule has 2 aromatic rings. The molecule has 1 aromatic carbocycles. The van der Waals surface area contributed by atoms with Crippen molar-refractivity contribution in [1.29, 1.82) is 0 Å². The molecule has 0 aliphatic rings. The Bertz CT molecular complexity index is 726. The van der Waals surface area contributed by atoms with Gasteiger partial charge in [0.15, 0.2) is 0 Å². The summed E-state index contributed by atoms with van der Waals surface area (Å²) in [5.41, 5.74) is 0.197. The molecule has 0 aliphatic heterocycles. The molecule has 0 amide bonds. The Balaban J connectivity index is 1.74. The summed E-state index contributed by atoms with van der Waals surface area (Å²) in [7, 11) is 2.11. The number of hydrogen-bond acceptors (Lipinski definition) is 4. The zero-order valence-corrected chi connectivity index (χ0v) is 15.7. The normalized spacial score (nSPS) is 11.1. The van der Waals surface area contributed by atoms with Crippen LogP contribution in [0, 0.1) is 0 Å². The smallest absolute Gasteiger partial charge is 0.336 e. The molecule has 4 nitrogen and oxygen atoms in total. The summed E-state index contributed by atoms with van der Waals surface area (Å²) in [4.78, 5) is 13.6. The molecular weight excluding hydrogens is 370 g/mol. The molecule has 0 aliphatic carbocycles. The molecule has 0 saturated heterocycles. The van der Waals surface area contributed by atoms with Crippen LogP contribution in [-0.2, 0) is 0 Å². The molecule has 130 valence electrons. The Morgan fingerprint density at radius 1 is 1.25 bits per heavy atom. The molecule has 0 spiro atoms. The van der Waals surface area contributed by atoms with Crippen LogP contribution < -0.4 is 10.4 Å². The molecule has 5 heteroatoms. The third-order valence-corrected chi connectivity index (χ3v) is 4.43. The first-order valence-corrected chi connectivity index (χ1v) is 9.05. The highest BCUT2D eigenvalue weighted by atomic mass is 79.9. The number of nitrogens with zero attached hydrogens (tertiary/aromatic N) is 1. The second-order valence-corrected chi connectivity index (χ2v) is 6.74. The number of unbranched alkanes of at least 4 members (excludes halogenated alkanes) is 3. The van der Waals surface area contributed by atoms with Crippen molar-refractivity contribution < 1.29 is 9.15 Å². The van der Waals surface area contributed by atoms with Crippen LogP contribution >= 0.6 is 15.9 Å². The van der Waals surface area contributed by atoms with Crippen molar-refractivity contribution in [2.24, 2.45) is 0 Å². The Hall–Kier alpha value is -1.59. The van der Waals surface area contributed by atoms with Gasteiger partial charge in [-0.05, 0) is 54.5 Å². The molecule has 1 heterocycles. The van der Waals surface area contributed by atoms with E-state index in [9.17, 15) is 4.79 Å². The Kier molecular flexibility index (Phi) is 7.53. The predicted octanol–water partition coefficient (Wildman–Crippen LogP) is 4.61. The van der Waals surface area contributed by atoms with Crippen molar-refractivity contribution in [3.8, 4) is 5.75 Å². The minimum atomic E-state index is -0.350. The van der Waals surface area contributed by atoms with Crippen molar-refractivity contribution >= 4 is 26.9 Å². The summed E-state index contributed by atoms with van der Waals surface area (Å²) >= 11 is 3.50. The first-order chi connectivity index (χ1) is 11.6. The van der Waals surface area contributed by atoms with E-state index < -0.39 is 0 Å². The van der Waals surface area contributed by atoms with E-state index in [1.165, 1.54) is 18.9 Å². The van der Waals surface area contributed by atoms with Crippen LogP contribution in [0.5, 0.6) is 5.75 Å². The van der Waals surface area contributed by atoms with Crippen LogP contribution in [0.4, 0.5) is 0 Å². The average Bonchev–Trinajstić information content (AvgIpc) is 2.55. The fraction of sp³-hybridized carbons (Fsp3) is 0.421. The molecule has 0 bridgehead atoms. The van der Waals surface area contributed by atoms with Gasteiger partial charge in [-0.2, -0.15) is 0 Å². The monoisotopic (exact) mass is 393 g/mol. The van der Waals surface area contributed by atoms with E-state index in [1.807, 2.05) is 12.1 Å². The standard InChI is InChI=1S/C19H24BrNO3/c1-3-10-21(2)11-6-4-5-7-12-23-18-14-17-15(13-16(18)20)8-9-19(22)24-17/h3,8-9,13-14H,1,4-7,10-12H2,2H3. The lowest BCUT2D eigenvalue weighted by atomic mass is 10.2. The third kappa shape index (κ3) is 5.80. The summed E-state index contributed by atoms with van der Waals surface area (Å²) in [5, 5.41) is 0.873. The molecule has 0 radical (unpaired) electrons. The number of ether oxygens (including phenoxy) is 1. The lowest BCUT2D eigenvalue weighted by molar-refractivity contribution is 0.298. The minimum Gasteiger partial charge on any atom is -0.492 e. The predicted molar refractivity (Wildman–Crippen MR) is 102 cm³/mol. The number of rotatable bonds is 10. The Labute approximate surface area is 151 Å². The van der Waals surface area contributed by atoms with E-state index in [1.54, 1.807) is 12.1 Å². The summed E-state index contributed by atoms with van der Waals surface area (Å²) in [6, 6.07) is 6.84. The van der Waals surface area contributed by atoms with Crippen molar-refractivity contribution in [3.05, 3.63) is 51.8 Å². The third-order valence-electron chi connectivity index (χ3n) is 3.81. The van der Waals surface area contributed by atoms with Gasteiger partial charge in [0.1, 0.15) is 11.3 Å². The maximum absolute atomic E-state index is 11.3. The van der Waals surface area contributed by atoms with Gasteiger partial charge in [0, 0.05) is 24.1 Å². The van der Waals surface area contributed by atoms with E-state index >= 15 is 0 Å². The molecule has 0 fully saturated rings. The van der Waals surface area contributed by atoms with Crippen molar-refractivity contribution in [3.63, 3.8) is 0 Å². The van der Waals surface area contributed by atoms with Gasteiger partial charge in [0.25, 0.3) is 0 Å². The van der Waals surface area contributed by atoms with Crippen molar-refractivity contribution in [1.82, 2.24) is 4.90 Å².